The first-order valence-electron chi connectivity index (χ1n) is 9.47. The summed E-state index contributed by atoms with van der Waals surface area (Å²) >= 11 is 0. The molecule has 0 bridgehead atoms. The van der Waals surface area contributed by atoms with Crippen molar-refractivity contribution < 1.29 is 13.3 Å². The van der Waals surface area contributed by atoms with Crippen molar-refractivity contribution in [3.8, 4) is 0 Å². The van der Waals surface area contributed by atoms with Gasteiger partial charge in [-0.05, 0) is 51.3 Å². The number of non-ortho nitro benzene ring substituents is 1. The van der Waals surface area contributed by atoms with Crippen LogP contribution in [-0.4, -0.2) is 69.4 Å². The monoisotopic (exact) mass is 396 g/mol. The molecule has 0 saturated carbocycles. The minimum atomic E-state index is -3.75. The molecule has 0 spiro atoms. The van der Waals surface area contributed by atoms with Crippen molar-refractivity contribution in [2.45, 2.75) is 30.6 Å². The molecule has 27 heavy (non-hydrogen) atoms. The molecule has 1 aromatic carbocycles. The second-order valence-corrected chi connectivity index (χ2v) is 9.58. The number of hydrogen-bond acceptors (Lipinski definition) is 6. The summed E-state index contributed by atoms with van der Waals surface area (Å²) in [5, 5.41) is 11.2. The fourth-order valence-electron chi connectivity index (χ4n) is 4.11. The van der Waals surface area contributed by atoms with Crippen LogP contribution in [0.25, 0.3) is 0 Å². The van der Waals surface area contributed by atoms with Gasteiger partial charge in [0.1, 0.15) is 4.90 Å². The molecule has 0 aliphatic carbocycles. The molecule has 1 atom stereocenters. The number of nitro groups is 1. The number of nitro benzene ring substituents is 1. The Morgan fingerprint density at radius 2 is 1.93 bits per heavy atom. The molecule has 2 fully saturated rings. The smallest absolute Gasteiger partial charge is 0.270 e. The highest BCUT2D eigenvalue weighted by Gasteiger charge is 2.32. The summed E-state index contributed by atoms with van der Waals surface area (Å²) in [5.41, 5.74) is 0.350. The van der Waals surface area contributed by atoms with Crippen LogP contribution in [-0.2, 0) is 10.0 Å². The molecule has 150 valence electrons. The van der Waals surface area contributed by atoms with E-state index in [2.05, 4.69) is 11.9 Å². The Morgan fingerprint density at radius 1 is 1.22 bits per heavy atom. The predicted molar refractivity (Wildman–Crippen MR) is 105 cm³/mol. The number of likely N-dealkylation sites (tertiary alicyclic amines) is 1. The van der Waals surface area contributed by atoms with E-state index >= 15 is 0 Å². The van der Waals surface area contributed by atoms with E-state index in [1.807, 2.05) is 11.9 Å². The third-order valence-corrected chi connectivity index (χ3v) is 7.43. The van der Waals surface area contributed by atoms with Gasteiger partial charge in [-0.2, -0.15) is 4.31 Å². The molecule has 8 nitrogen and oxygen atoms in total. The van der Waals surface area contributed by atoms with Crippen LogP contribution in [0.2, 0.25) is 0 Å². The van der Waals surface area contributed by atoms with Crippen LogP contribution >= 0.6 is 0 Å². The second kappa shape index (κ2) is 8.12. The largest absolute Gasteiger partial charge is 0.373 e. The number of piperidine rings is 1. The van der Waals surface area contributed by atoms with Crippen LogP contribution in [0.3, 0.4) is 0 Å². The first-order chi connectivity index (χ1) is 12.8. The number of nitrogens with zero attached hydrogens (tertiary/aromatic N) is 4. The van der Waals surface area contributed by atoms with Gasteiger partial charge in [0.05, 0.1) is 10.6 Å². The lowest BCUT2D eigenvalue weighted by molar-refractivity contribution is -0.385. The second-order valence-electron chi connectivity index (χ2n) is 7.67. The zero-order chi connectivity index (χ0) is 19.6. The third-order valence-electron chi connectivity index (χ3n) is 5.50. The predicted octanol–water partition coefficient (Wildman–Crippen LogP) is 2.16. The molecule has 0 amide bonds. The van der Waals surface area contributed by atoms with E-state index in [9.17, 15) is 18.5 Å². The normalized spacial score (nSPS) is 22.1. The average molecular weight is 397 g/mol. The van der Waals surface area contributed by atoms with Crippen LogP contribution in [0.4, 0.5) is 11.4 Å². The van der Waals surface area contributed by atoms with Crippen LogP contribution < -0.4 is 4.90 Å². The lowest BCUT2D eigenvalue weighted by Gasteiger charge is -2.33. The molecule has 0 aromatic heterocycles. The minimum absolute atomic E-state index is 0.0465. The molecule has 2 heterocycles. The molecular formula is C18H28N4O4S. The first-order valence-corrected chi connectivity index (χ1v) is 10.9. The van der Waals surface area contributed by atoms with Gasteiger partial charge < -0.3 is 9.80 Å². The zero-order valence-corrected chi connectivity index (χ0v) is 16.8. The van der Waals surface area contributed by atoms with Crippen molar-refractivity contribution >= 4 is 21.4 Å². The maximum atomic E-state index is 13.1. The third kappa shape index (κ3) is 4.41. The SMILES string of the molecule is CN1CCCC(CN(C)c2ccc([N+](=O)[O-])cc2S(=O)(=O)N2CCCC2)C1. The molecule has 2 saturated heterocycles. The number of benzene rings is 1. The summed E-state index contributed by atoms with van der Waals surface area (Å²) in [6.45, 7) is 3.74. The zero-order valence-electron chi connectivity index (χ0n) is 16.0. The van der Waals surface area contributed by atoms with E-state index in [0.29, 0.717) is 24.7 Å². The van der Waals surface area contributed by atoms with Crippen molar-refractivity contribution in [2.75, 3.05) is 51.7 Å². The Kier molecular flexibility index (Phi) is 6.02. The molecule has 2 aliphatic rings. The van der Waals surface area contributed by atoms with Crippen LogP contribution in [0.1, 0.15) is 25.7 Å². The quantitative estimate of drug-likeness (QED) is 0.541. The highest BCUT2D eigenvalue weighted by molar-refractivity contribution is 7.89. The molecule has 1 aromatic rings. The first kappa shape index (κ1) is 20.0. The fraction of sp³-hybridized carbons (Fsp3) is 0.667. The topological polar surface area (TPSA) is 87.0 Å². The van der Waals surface area contributed by atoms with E-state index < -0.39 is 14.9 Å². The Labute approximate surface area is 160 Å². The maximum Gasteiger partial charge on any atom is 0.270 e. The lowest BCUT2D eigenvalue weighted by Crippen LogP contribution is -2.38. The van der Waals surface area contributed by atoms with Gasteiger partial charge >= 0.3 is 0 Å². The lowest BCUT2D eigenvalue weighted by atomic mass is 9.98. The maximum absolute atomic E-state index is 13.1. The van der Waals surface area contributed by atoms with Crippen LogP contribution in [0, 0.1) is 16.0 Å². The molecule has 3 rings (SSSR count). The summed E-state index contributed by atoms with van der Waals surface area (Å²) < 4.78 is 27.7. The van der Waals surface area contributed by atoms with Crippen molar-refractivity contribution in [3.05, 3.63) is 28.3 Å². The molecule has 0 radical (unpaired) electrons. The van der Waals surface area contributed by atoms with E-state index in [1.54, 1.807) is 6.07 Å². The van der Waals surface area contributed by atoms with Crippen molar-refractivity contribution in [1.29, 1.82) is 0 Å². The summed E-state index contributed by atoms with van der Waals surface area (Å²) in [5.74, 6) is 0.450. The van der Waals surface area contributed by atoms with Gasteiger partial charge in [-0.15, -0.1) is 0 Å². The van der Waals surface area contributed by atoms with Crippen LogP contribution in [0.15, 0.2) is 23.1 Å². The van der Waals surface area contributed by atoms with Crippen LogP contribution in [0.5, 0.6) is 0 Å². The summed E-state index contributed by atoms with van der Waals surface area (Å²) in [4.78, 5) is 15.0. The highest BCUT2D eigenvalue weighted by Crippen LogP contribution is 2.33. The van der Waals surface area contributed by atoms with Gasteiger partial charge in [0.2, 0.25) is 10.0 Å². The van der Waals surface area contributed by atoms with E-state index in [4.69, 9.17) is 0 Å². The highest BCUT2D eigenvalue weighted by atomic mass is 32.2. The molecule has 9 heteroatoms. The number of hydrogen-bond donors (Lipinski definition) is 0. The van der Waals surface area contributed by atoms with Gasteiger partial charge in [-0.25, -0.2) is 8.42 Å². The van der Waals surface area contributed by atoms with Gasteiger partial charge in [0.15, 0.2) is 0 Å². The summed E-state index contributed by atoms with van der Waals surface area (Å²) in [6, 6.07) is 4.18. The van der Waals surface area contributed by atoms with Crippen molar-refractivity contribution in [2.24, 2.45) is 5.92 Å². The standard InChI is InChI=1S/C18H28N4O4S/c1-19-9-5-6-15(13-19)14-20(2)17-8-7-16(22(23)24)12-18(17)27(25,26)21-10-3-4-11-21/h7-8,12,15H,3-6,9-11,13-14H2,1-2H3. The average Bonchev–Trinajstić information content (AvgIpc) is 3.16. The van der Waals surface area contributed by atoms with Crippen molar-refractivity contribution in [1.82, 2.24) is 9.21 Å². The molecule has 0 N–H and O–H groups in total. The van der Waals surface area contributed by atoms with Gasteiger partial charge in [0, 0.05) is 45.4 Å². The van der Waals surface area contributed by atoms with Crippen molar-refractivity contribution in [3.63, 3.8) is 0 Å². The Morgan fingerprint density at radius 3 is 2.56 bits per heavy atom. The molecule has 1 unspecified atom stereocenters. The number of anilines is 1. The number of sulfonamides is 1. The van der Waals surface area contributed by atoms with Gasteiger partial charge in [-0.3, -0.25) is 10.1 Å². The Hall–Kier alpha value is -1.71. The van der Waals surface area contributed by atoms with Gasteiger partial charge in [-0.1, -0.05) is 0 Å². The van der Waals surface area contributed by atoms with E-state index in [-0.39, 0.29) is 10.6 Å². The molecule has 2 aliphatic heterocycles. The van der Waals surface area contributed by atoms with Gasteiger partial charge in [0.25, 0.3) is 5.69 Å². The minimum Gasteiger partial charge on any atom is -0.373 e. The fourth-order valence-corrected chi connectivity index (χ4v) is 5.89. The molecular weight excluding hydrogens is 368 g/mol. The number of rotatable bonds is 6. The van der Waals surface area contributed by atoms with E-state index in [0.717, 1.165) is 45.3 Å². The van der Waals surface area contributed by atoms with E-state index in [1.165, 1.54) is 16.4 Å². The summed E-state index contributed by atoms with van der Waals surface area (Å²) in [6.07, 6.45) is 3.89. The Balaban J connectivity index is 1.92. The summed E-state index contributed by atoms with van der Waals surface area (Å²) in [7, 11) is 0.227. The Bertz CT molecular complexity index is 793.